The average molecular weight is 483 g/mol. The highest BCUT2D eigenvalue weighted by Crippen LogP contribution is 2.32. The maximum Gasteiger partial charge on any atom is 0.417 e. The minimum atomic E-state index is -4.55. The molecule has 0 aliphatic carbocycles. The summed E-state index contributed by atoms with van der Waals surface area (Å²) < 4.78 is 46.0. The Labute approximate surface area is 197 Å². The van der Waals surface area contributed by atoms with Gasteiger partial charge in [-0.15, -0.1) is 0 Å². The Hall–Kier alpha value is -4.35. The molecule has 1 aliphatic heterocycles. The van der Waals surface area contributed by atoms with Gasteiger partial charge in [0.1, 0.15) is 11.3 Å². The molecule has 0 atom stereocenters. The molecule has 9 nitrogen and oxygen atoms in total. The summed E-state index contributed by atoms with van der Waals surface area (Å²) in [5.41, 5.74) is 1.76. The molecule has 4 heterocycles. The second-order valence-corrected chi connectivity index (χ2v) is 8.01. The fraction of sp³-hybridized carbons (Fsp3) is 0.217. The number of rotatable bonds is 6. The predicted molar refractivity (Wildman–Crippen MR) is 123 cm³/mol. The van der Waals surface area contributed by atoms with E-state index in [9.17, 15) is 18.0 Å². The Morgan fingerprint density at radius 1 is 1.11 bits per heavy atom. The number of halogens is 3. The summed E-state index contributed by atoms with van der Waals surface area (Å²) in [6, 6.07) is 5.71. The first-order chi connectivity index (χ1) is 16.8. The molecule has 0 spiro atoms. The van der Waals surface area contributed by atoms with Crippen LogP contribution in [0.1, 0.15) is 15.9 Å². The van der Waals surface area contributed by atoms with E-state index in [4.69, 9.17) is 4.74 Å². The molecule has 3 aromatic heterocycles. The first kappa shape index (κ1) is 22.4. The van der Waals surface area contributed by atoms with E-state index in [1.165, 1.54) is 7.11 Å². The van der Waals surface area contributed by atoms with Crippen LogP contribution in [0.4, 0.5) is 30.2 Å². The van der Waals surface area contributed by atoms with Crippen LogP contribution in [0.15, 0.2) is 61.4 Å². The molecule has 35 heavy (non-hydrogen) atoms. The normalized spacial score (nSPS) is 14.0. The fourth-order valence-corrected chi connectivity index (χ4v) is 3.88. The molecule has 180 valence electrons. The number of carbonyl (C=O) groups excluding carboxylic acids is 1. The first-order valence-corrected chi connectivity index (χ1v) is 10.6. The number of anilines is 3. The van der Waals surface area contributed by atoms with Crippen molar-refractivity contribution in [3.05, 3.63) is 72.6 Å². The van der Waals surface area contributed by atoms with Gasteiger partial charge >= 0.3 is 6.18 Å². The van der Waals surface area contributed by atoms with Gasteiger partial charge in [-0.2, -0.15) is 18.3 Å². The zero-order valence-electron chi connectivity index (χ0n) is 18.5. The van der Waals surface area contributed by atoms with Gasteiger partial charge in [-0.25, -0.2) is 4.52 Å². The summed E-state index contributed by atoms with van der Waals surface area (Å²) in [6.07, 6.45) is 4.32. The highest BCUT2D eigenvalue weighted by Gasteiger charge is 2.31. The second-order valence-electron chi connectivity index (χ2n) is 8.01. The van der Waals surface area contributed by atoms with Crippen LogP contribution in [0.3, 0.4) is 0 Å². The third-order valence-corrected chi connectivity index (χ3v) is 5.67. The molecule has 4 aromatic rings. The predicted octanol–water partition coefficient (Wildman–Crippen LogP) is 3.70. The zero-order chi connectivity index (χ0) is 24.6. The van der Waals surface area contributed by atoms with Crippen molar-refractivity contribution in [1.82, 2.24) is 19.6 Å². The Balaban J connectivity index is 1.28. The van der Waals surface area contributed by atoms with Crippen molar-refractivity contribution in [2.24, 2.45) is 0 Å². The van der Waals surface area contributed by atoms with Gasteiger partial charge in [0.15, 0.2) is 0 Å². The third-order valence-electron chi connectivity index (χ3n) is 5.67. The van der Waals surface area contributed by atoms with Gasteiger partial charge in [0.05, 0.1) is 54.4 Å². The number of benzene rings is 1. The number of hydrogen-bond acceptors (Lipinski definition) is 7. The molecule has 1 aromatic carbocycles. The lowest BCUT2D eigenvalue weighted by molar-refractivity contribution is -0.137. The summed E-state index contributed by atoms with van der Waals surface area (Å²) in [5, 5.41) is 10.2. The van der Waals surface area contributed by atoms with Crippen molar-refractivity contribution >= 4 is 28.5 Å². The van der Waals surface area contributed by atoms with E-state index in [0.717, 1.165) is 23.5 Å². The number of aromatic nitrogens is 4. The standard InChI is InChI=1S/C23H20F3N7O2/c1-35-21-3-2-14(22(34)31-16-7-15(8-28-9-16)23(24,25)26)6-18(21)30-17-12-32(13-17)19-11-29-33-5-4-27-10-20(19)33/h2-11,17,30H,12-13H2,1H3,(H,31,34). The largest absolute Gasteiger partial charge is 0.495 e. The number of methoxy groups -OCH3 is 1. The van der Waals surface area contributed by atoms with E-state index in [2.05, 4.69) is 30.6 Å². The maximum atomic E-state index is 12.9. The Morgan fingerprint density at radius 2 is 1.94 bits per heavy atom. The number of pyridine rings is 1. The highest BCUT2D eigenvalue weighted by atomic mass is 19.4. The van der Waals surface area contributed by atoms with Crippen LogP contribution in [0.2, 0.25) is 0 Å². The van der Waals surface area contributed by atoms with Crippen molar-refractivity contribution < 1.29 is 22.7 Å². The quantitative estimate of drug-likeness (QED) is 0.432. The molecule has 0 radical (unpaired) electrons. The van der Waals surface area contributed by atoms with Crippen LogP contribution in [0.5, 0.6) is 5.75 Å². The van der Waals surface area contributed by atoms with E-state index < -0.39 is 17.6 Å². The molecule has 2 N–H and O–H groups in total. The van der Waals surface area contributed by atoms with Crippen LogP contribution in [-0.2, 0) is 6.18 Å². The average Bonchev–Trinajstić information content (AvgIpc) is 3.24. The molecule has 1 amide bonds. The highest BCUT2D eigenvalue weighted by molar-refractivity contribution is 6.05. The smallest absolute Gasteiger partial charge is 0.417 e. The molecule has 0 bridgehead atoms. The van der Waals surface area contributed by atoms with Crippen LogP contribution in [0.25, 0.3) is 5.52 Å². The maximum absolute atomic E-state index is 12.9. The third kappa shape index (κ3) is 4.54. The summed E-state index contributed by atoms with van der Waals surface area (Å²) in [5.74, 6) is -0.0214. The van der Waals surface area contributed by atoms with Gasteiger partial charge in [0.2, 0.25) is 0 Å². The van der Waals surface area contributed by atoms with Crippen molar-refractivity contribution in [1.29, 1.82) is 0 Å². The molecule has 0 unspecified atom stereocenters. The topological polar surface area (TPSA) is 96.7 Å². The second kappa shape index (κ2) is 8.78. The van der Waals surface area contributed by atoms with Gasteiger partial charge in [-0.1, -0.05) is 0 Å². The van der Waals surface area contributed by atoms with E-state index in [-0.39, 0.29) is 17.3 Å². The molecule has 1 saturated heterocycles. The van der Waals surface area contributed by atoms with Crippen LogP contribution >= 0.6 is 0 Å². The van der Waals surface area contributed by atoms with Gasteiger partial charge in [-0.05, 0) is 24.3 Å². The number of alkyl halides is 3. The van der Waals surface area contributed by atoms with Crippen molar-refractivity contribution in [2.45, 2.75) is 12.2 Å². The van der Waals surface area contributed by atoms with Crippen molar-refractivity contribution in [3.63, 3.8) is 0 Å². The van der Waals surface area contributed by atoms with Crippen molar-refractivity contribution in [2.75, 3.05) is 35.7 Å². The minimum Gasteiger partial charge on any atom is -0.495 e. The summed E-state index contributed by atoms with van der Waals surface area (Å²) >= 11 is 0. The number of nitrogens with zero attached hydrogens (tertiary/aromatic N) is 5. The van der Waals surface area contributed by atoms with Gasteiger partial charge < -0.3 is 20.3 Å². The fourth-order valence-electron chi connectivity index (χ4n) is 3.88. The SMILES string of the molecule is COc1ccc(C(=O)Nc2cncc(C(F)(F)F)c2)cc1NC1CN(c2cnn3ccncc23)C1. The van der Waals surface area contributed by atoms with Crippen molar-refractivity contribution in [3.8, 4) is 5.75 Å². The molecule has 0 saturated carbocycles. The lowest BCUT2D eigenvalue weighted by atomic mass is 10.1. The number of hydrogen-bond donors (Lipinski definition) is 2. The molecule has 5 rings (SSSR count). The lowest BCUT2D eigenvalue weighted by Gasteiger charge is -2.41. The Kier molecular flexibility index (Phi) is 5.63. The van der Waals surface area contributed by atoms with Crippen LogP contribution < -0.4 is 20.3 Å². The van der Waals surface area contributed by atoms with Gasteiger partial charge in [0, 0.05) is 37.2 Å². The Bertz CT molecular complexity index is 1380. The number of carbonyl (C=O) groups is 1. The molecular weight excluding hydrogens is 463 g/mol. The molecular formula is C23H20F3N7O2. The van der Waals surface area contributed by atoms with Gasteiger partial charge in [-0.3, -0.25) is 14.8 Å². The van der Waals surface area contributed by atoms with E-state index in [0.29, 0.717) is 30.7 Å². The molecule has 12 heteroatoms. The van der Waals surface area contributed by atoms with E-state index in [1.54, 1.807) is 47.5 Å². The first-order valence-electron chi connectivity index (χ1n) is 10.6. The van der Waals surface area contributed by atoms with Crippen LogP contribution in [0, 0.1) is 0 Å². The molecule has 1 fully saturated rings. The Morgan fingerprint density at radius 3 is 2.71 bits per heavy atom. The lowest BCUT2D eigenvalue weighted by Crippen LogP contribution is -2.55. The number of fused-ring (bicyclic) bond motifs is 1. The summed E-state index contributed by atoms with van der Waals surface area (Å²) in [4.78, 5) is 22.6. The minimum absolute atomic E-state index is 0.0484. The number of nitrogens with one attached hydrogen (secondary N) is 2. The summed E-state index contributed by atoms with van der Waals surface area (Å²) in [6.45, 7) is 1.40. The zero-order valence-corrected chi connectivity index (χ0v) is 18.5. The van der Waals surface area contributed by atoms with Gasteiger partial charge in [0.25, 0.3) is 5.91 Å². The number of amides is 1. The van der Waals surface area contributed by atoms with Crippen LogP contribution in [-0.4, -0.2) is 51.7 Å². The molecule has 1 aliphatic rings. The van der Waals surface area contributed by atoms with E-state index >= 15 is 0 Å². The summed E-state index contributed by atoms with van der Waals surface area (Å²) in [7, 11) is 1.52. The van der Waals surface area contributed by atoms with E-state index in [1.807, 2.05) is 0 Å². The number of ether oxygens (including phenoxy) is 1. The monoisotopic (exact) mass is 483 g/mol.